The topological polar surface area (TPSA) is 30.5 Å². The Hall–Kier alpha value is -1.52. The van der Waals surface area contributed by atoms with Gasteiger partial charge >= 0.3 is 0 Å². The highest BCUT2D eigenvalue weighted by molar-refractivity contribution is 9.10. The molecular formula is C17H20BrNO2. The molecule has 2 aromatic rings. The van der Waals surface area contributed by atoms with Gasteiger partial charge in [-0.25, -0.2) is 0 Å². The molecule has 0 amide bonds. The third kappa shape index (κ3) is 3.99. The molecule has 0 radical (unpaired) electrons. The summed E-state index contributed by atoms with van der Waals surface area (Å²) in [6.45, 7) is 5.08. The van der Waals surface area contributed by atoms with E-state index >= 15 is 0 Å². The van der Waals surface area contributed by atoms with E-state index in [2.05, 4.69) is 35.1 Å². The Morgan fingerprint density at radius 3 is 2.38 bits per heavy atom. The lowest BCUT2D eigenvalue weighted by molar-refractivity contribution is 0.391. The lowest BCUT2D eigenvalue weighted by Gasteiger charge is -2.20. The molecule has 4 heteroatoms. The largest absolute Gasteiger partial charge is 0.496 e. The number of hydrogen-bond acceptors (Lipinski definition) is 3. The van der Waals surface area contributed by atoms with Crippen molar-refractivity contribution in [3.8, 4) is 17.2 Å². The van der Waals surface area contributed by atoms with Crippen molar-refractivity contribution in [2.45, 2.75) is 19.9 Å². The maximum absolute atomic E-state index is 6.03. The van der Waals surface area contributed by atoms with Gasteiger partial charge in [-0.05, 0) is 49.9 Å². The van der Waals surface area contributed by atoms with Crippen LogP contribution in [0, 0.1) is 0 Å². The third-order valence-corrected chi connectivity index (χ3v) is 3.76. The average molecular weight is 350 g/mol. The van der Waals surface area contributed by atoms with Crippen LogP contribution >= 0.6 is 15.9 Å². The molecule has 0 spiro atoms. The molecule has 21 heavy (non-hydrogen) atoms. The van der Waals surface area contributed by atoms with Crippen molar-refractivity contribution in [3.05, 3.63) is 52.5 Å². The number of benzene rings is 2. The minimum Gasteiger partial charge on any atom is -0.496 e. The number of hydrogen-bond donors (Lipinski definition) is 1. The average Bonchev–Trinajstić information content (AvgIpc) is 2.49. The molecule has 2 aromatic carbocycles. The van der Waals surface area contributed by atoms with Crippen molar-refractivity contribution in [3.63, 3.8) is 0 Å². The van der Waals surface area contributed by atoms with Gasteiger partial charge in [0.15, 0.2) is 0 Å². The van der Waals surface area contributed by atoms with Crippen LogP contribution in [0.25, 0.3) is 0 Å². The van der Waals surface area contributed by atoms with E-state index in [1.807, 2.05) is 42.5 Å². The van der Waals surface area contributed by atoms with E-state index in [0.717, 1.165) is 33.8 Å². The van der Waals surface area contributed by atoms with E-state index < -0.39 is 0 Å². The Morgan fingerprint density at radius 1 is 1.10 bits per heavy atom. The minimum atomic E-state index is 0.150. The Balaban J connectivity index is 2.35. The lowest BCUT2D eigenvalue weighted by Crippen LogP contribution is -2.19. The first-order chi connectivity index (χ1) is 10.2. The number of rotatable bonds is 6. The van der Waals surface area contributed by atoms with Gasteiger partial charge in [0.2, 0.25) is 0 Å². The zero-order valence-electron chi connectivity index (χ0n) is 12.5. The first-order valence-corrected chi connectivity index (χ1v) is 7.78. The van der Waals surface area contributed by atoms with E-state index in [-0.39, 0.29) is 6.04 Å². The normalized spacial score (nSPS) is 12.0. The summed E-state index contributed by atoms with van der Waals surface area (Å²) >= 11 is 3.43. The summed E-state index contributed by atoms with van der Waals surface area (Å²) in [4.78, 5) is 0. The second kappa shape index (κ2) is 7.48. The molecule has 0 aliphatic rings. The second-order valence-corrected chi connectivity index (χ2v) is 5.62. The van der Waals surface area contributed by atoms with Crippen molar-refractivity contribution in [2.24, 2.45) is 0 Å². The summed E-state index contributed by atoms with van der Waals surface area (Å²) in [5, 5.41) is 3.40. The van der Waals surface area contributed by atoms with Crippen LogP contribution in [0.3, 0.4) is 0 Å². The van der Waals surface area contributed by atoms with Crippen LogP contribution in [-0.4, -0.2) is 13.7 Å². The molecule has 2 rings (SSSR count). The molecule has 1 unspecified atom stereocenters. The van der Waals surface area contributed by atoms with Crippen LogP contribution in [0.4, 0.5) is 0 Å². The van der Waals surface area contributed by atoms with Crippen LogP contribution in [0.1, 0.15) is 25.5 Å². The predicted molar refractivity (Wildman–Crippen MR) is 89.3 cm³/mol. The molecule has 0 saturated carbocycles. The molecular weight excluding hydrogens is 330 g/mol. The van der Waals surface area contributed by atoms with E-state index in [1.54, 1.807) is 7.11 Å². The van der Waals surface area contributed by atoms with Crippen LogP contribution in [0.2, 0.25) is 0 Å². The van der Waals surface area contributed by atoms with Crippen molar-refractivity contribution >= 4 is 15.9 Å². The van der Waals surface area contributed by atoms with Gasteiger partial charge in [-0.15, -0.1) is 0 Å². The van der Waals surface area contributed by atoms with E-state index in [4.69, 9.17) is 9.47 Å². The van der Waals surface area contributed by atoms with Crippen LogP contribution in [0.15, 0.2) is 46.9 Å². The quantitative estimate of drug-likeness (QED) is 0.802. The molecule has 0 saturated heterocycles. The summed E-state index contributed by atoms with van der Waals surface area (Å²) < 4.78 is 12.5. The predicted octanol–water partition coefficient (Wildman–Crippen LogP) is 4.92. The summed E-state index contributed by atoms with van der Waals surface area (Å²) in [6.07, 6.45) is 0. The van der Waals surface area contributed by atoms with Gasteiger partial charge in [0.1, 0.15) is 17.2 Å². The Kier molecular flexibility index (Phi) is 5.65. The summed E-state index contributed by atoms with van der Waals surface area (Å²) in [7, 11) is 1.68. The number of methoxy groups -OCH3 is 1. The van der Waals surface area contributed by atoms with Gasteiger partial charge in [0.05, 0.1) is 12.7 Å². The molecule has 1 N–H and O–H groups in total. The number of nitrogens with one attached hydrogen (secondary N) is 1. The van der Waals surface area contributed by atoms with Gasteiger partial charge in [-0.2, -0.15) is 0 Å². The highest BCUT2D eigenvalue weighted by atomic mass is 79.9. The molecule has 0 heterocycles. The molecule has 0 aliphatic carbocycles. The molecule has 1 atom stereocenters. The lowest BCUT2D eigenvalue weighted by atomic mass is 10.1. The molecule has 0 fully saturated rings. The van der Waals surface area contributed by atoms with E-state index in [0.29, 0.717) is 0 Å². The van der Waals surface area contributed by atoms with Gasteiger partial charge in [0.25, 0.3) is 0 Å². The van der Waals surface area contributed by atoms with Crippen LogP contribution < -0.4 is 14.8 Å². The zero-order valence-corrected chi connectivity index (χ0v) is 14.1. The SMILES string of the molecule is CCNC(C)c1c(OC)cccc1Oc1ccc(Br)cc1. The van der Waals surface area contributed by atoms with Gasteiger partial charge in [-0.1, -0.05) is 28.9 Å². The monoisotopic (exact) mass is 349 g/mol. The smallest absolute Gasteiger partial charge is 0.135 e. The van der Waals surface area contributed by atoms with Crippen LogP contribution in [0.5, 0.6) is 17.2 Å². The standard InChI is InChI=1S/C17H20BrNO2/c1-4-19-12(2)17-15(20-3)6-5-7-16(17)21-14-10-8-13(18)9-11-14/h5-12,19H,4H2,1-3H3. The van der Waals surface area contributed by atoms with E-state index in [9.17, 15) is 0 Å². The molecule has 3 nitrogen and oxygen atoms in total. The molecule has 0 aromatic heterocycles. The van der Waals surface area contributed by atoms with Gasteiger partial charge in [0, 0.05) is 10.5 Å². The fourth-order valence-electron chi connectivity index (χ4n) is 2.26. The fraction of sp³-hybridized carbons (Fsp3) is 0.294. The minimum absolute atomic E-state index is 0.150. The summed E-state index contributed by atoms with van der Waals surface area (Å²) in [5.41, 5.74) is 1.03. The molecule has 0 aliphatic heterocycles. The zero-order chi connectivity index (χ0) is 15.2. The van der Waals surface area contributed by atoms with Crippen molar-refractivity contribution in [1.82, 2.24) is 5.32 Å². The first kappa shape index (κ1) is 15.9. The van der Waals surface area contributed by atoms with Crippen molar-refractivity contribution < 1.29 is 9.47 Å². The van der Waals surface area contributed by atoms with Crippen molar-refractivity contribution in [1.29, 1.82) is 0 Å². The first-order valence-electron chi connectivity index (χ1n) is 6.99. The maximum atomic E-state index is 6.03. The van der Waals surface area contributed by atoms with E-state index in [1.165, 1.54) is 0 Å². The maximum Gasteiger partial charge on any atom is 0.135 e. The second-order valence-electron chi connectivity index (χ2n) is 4.71. The molecule has 112 valence electrons. The Bertz CT molecular complexity index is 584. The van der Waals surface area contributed by atoms with Crippen molar-refractivity contribution in [2.75, 3.05) is 13.7 Å². The van der Waals surface area contributed by atoms with Gasteiger partial charge < -0.3 is 14.8 Å². The number of halogens is 1. The fourth-order valence-corrected chi connectivity index (χ4v) is 2.52. The highest BCUT2D eigenvalue weighted by Gasteiger charge is 2.17. The third-order valence-electron chi connectivity index (χ3n) is 3.23. The number of ether oxygens (including phenoxy) is 2. The highest BCUT2D eigenvalue weighted by Crippen LogP contribution is 2.36. The molecule has 0 bridgehead atoms. The van der Waals surface area contributed by atoms with Crippen LogP contribution in [-0.2, 0) is 0 Å². The van der Waals surface area contributed by atoms with Gasteiger partial charge in [-0.3, -0.25) is 0 Å². The summed E-state index contributed by atoms with van der Waals surface area (Å²) in [5.74, 6) is 2.44. The Morgan fingerprint density at radius 2 is 1.76 bits per heavy atom. The summed E-state index contributed by atoms with van der Waals surface area (Å²) in [6, 6.07) is 13.8. The Labute approximate surface area is 134 Å².